The van der Waals surface area contributed by atoms with Gasteiger partial charge in [-0.05, 0) is 49.9 Å². The predicted octanol–water partition coefficient (Wildman–Crippen LogP) is 1.95. The molecule has 2 saturated carbocycles. The van der Waals surface area contributed by atoms with Gasteiger partial charge in [0, 0.05) is 19.1 Å². The van der Waals surface area contributed by atoms with Gasteiger partial charge >= 0.3 is 0 Å². The number of nitrogens with zero attached hydrogens (tertiary/aromatic N) is 1. The molecule has 7 nitrogen and oxygen atoms in total. The lowest BCUT2D eigenvalue weighted by atomic mass is 9.66. The van der Waals surface area contributed by atoms with Crippen LogP contribution < -0.4 is 10.6 Å². The first-order valence-corrected chi connectivity index (χ1v) is 12.3. The molecule has 2 aliphatic carbocycles. The Morgan fingerprint density at radius 2 is 1.67 bits per heavy atom. The van der Waals surface area contributed by atoms with Gasteiger partial charge in [0.1, 0.15) is 0 Å². The maximum Gasteiger partial charge on any atom is 0.233 e. The van der Waals surface area contributed by atoms with Crippen molar-refractivity contribution in [2.45, 2.75) is 65.3 Å². The van der Waals surface area contributed by atoms with E-state index in [1.54, 1.807) is 0 Å². The summed E-state index contributed by atoms with van der Waals surface area (Å²) in [6, 6.07) is 0.310. The number of thioether (sulfide) groups is 1. The Hall–Kier alpha value is -1.57. The minimum absolute atomic E-state index is 0.0260. The summed E-state index contributed by atoms with van der Waals surface area (Å²) in [5, 5.41) is 5.71. The molecule has 3 rings (SSSR count). The van der Waals surface area contributed by atoms with Crippen molar-refractivity contribution in [1.29, 1.82) is 0 Å². The minimum atomic E-state index is -0.198. The van der Waals surface area contributed by atoms with E-state index in [4.69, 9.17) is 0 Å². The number of fused-ring (bicyclic) bond motifs is 1. The monoisotopic (exact) mass is 437 g/mol. The molecule has 1 saturated heterocycles. The third kappa shape index (κ3) is 5.56. The fraction of sp³-hybridized carbons (Fsp3) is 0.818. The van der Waals surface area contributed by atoms with Crippen LogP contribution in [0.1, 0.15) is 59.3 Å². The van der Waals surface area contributed by atoms with Gasteiger partial charge in [0.2, 0.25) is 23.6 Å². The summed E-state index contributed by atoms with van der Waals surface area (Å²) in [7, 11) is 0. The first-order valence-electron chi connectivity index (χ1n) is 11.2. The Labute approximate surface area is 183 Å². The summed E-state index contributed by atoms with van der Waals surface area (Å²) in [6.07, 6.45) is 5.80. The Kier molecular flexibility index (Phi) is 7.47. The average Bonchev–Trinajstić information content (AvgIpc) is 2.88. The van der Waals surface area contributed by atoms with Crippen LogP contribution >= 0.6 is 11.8 Å². The standard InChI is InChI=1S/C22H35N3O4S/c1-22(2,3)14-7-8-16-17(11-14)21(29)25(20(16)28)10-9-23-18(26)12-30-13-19(27)24-15-5-4-6-15/h14-17H,4-13H2,1-3H3,(H,23,26)(H,24,27). The van der Waals surface area contributed by atoms with Crippen LogP contribution in [0.2, 0.25) is 0 Å². The molecule has 0 spiro atoms. The summed E-state index contributed by atoms with van der Waals surface area (Å²) in [6.45, 7) is 7.07. The van der Waals surface area contributed by atoms with Crippen LogP contribution in [0, 0.1) is 23.2 Å². The molecule has 2 N–H and O–H groups in total. The SMILES string of the molecule is CC(C)(C)C1CCC2C(=O)N(CCNC(=O)CSCC(=O)NC3CCC3)C(=O)C2C1. The smallest absolute Gasteiger partial charge is 0.233 e. The molecule has 30 heavy (non-hydrogen) atoms. The third-order valence-corrected chi connectivity index (χ3v) is 7.77. The van der Waals surface area contributed by atoms with Crippen molar-refractivity contribution in [3.63, 3.8) is 0 Å². The highest BCUT2D eigenvalue weighted by atomic mass is 32.2. The average molecular weight is 438 g/mol. The van der Waals surface area contributed by atoms with Gasteiger partial charge in [-0.15, -0.1) is 11.8 Å². The molecule has 168 valence electrons. The van der Waals surface area contributed by atoms with Gasteiger partial charge < -0.3 is 10.6 Å². The maximum absolute atomic E-state index is 12.8. The molecule has 3 unspecified atom stereocenters. The van der Waals surface area contributed by atoms with E-state index in [2.05, 4.69) is 31.4 Å². The van der Waals surface area contributed by atoms with Crippen molar-refractivity contribution in [1.82, 2.24) is 15.5 Å². The number of amides is 4. The number of rotatable bonds is 8. The number of likely N-dealkylation sites (tertiary alicyclic amines) is 1. The summed E-state index contributed by atoms with van der Waals surface area (Å²) in [5.41, 5.74) is 0.141. The molecule has 4 amide bonds. The lowest BCUT2D eigenvalue weighted by Gasteiger charge is -2.37. The second-order valence-corrected chi connectivity index (χ2v) is 10.9. The zero-order chi connectivity index (χ0) is 21.9. The summed E-state index contributed by atoms with van der Waals surface area (Å²) in [5.74, 6) is 0.178. The Balaban J connectivity index is 1.36. The van der Waals surface area contributed by atoms with Crippen LogP contribution in [-0.2, 0) is 19.2 Å². The van der Waals surface area contributed by atoms with Crippen molar-refractivity contribution in [2.75, 3.05) is 24.6 Å². The molecule has 0 aromatic heterocycles. The molecule has 3 fully saturated rings. The third-order valence-electron chi connectivity index (χ3n) is 6.84. The Bertz CT molecular complexity index is 686. The highest BCUT2D eigenvalue weighted by molar-refractivity contribution is 8.00. The van der Waals surface area contributed by atoms with E-state index in [0.717, 1.165) is 32.1 Å². The quantitative estimate of drug-likeness (QED) is 0.566. The largest absolute Gasteiger partial charge is 0.354 e. The molecule has 3 atom stereocenters. The highest BCUT2D eigenvalue weighted by Gasteiger charge is 2.51. The van der Waals surface area contributed by atoms with Gasteiger partial charge in [0.25, 0.3) is 0 Å². The van der Waals surface area contributed by atoms with E-state index >= 15 is 0 Å². The lowest BCUT2D eigenvalue weighted by Crippen LogP contribution is -2.41. The fourth-order valence-electron chi connectivity index (χ4n) is 4.67. The lowest BCUT2D eigenvalue weighted by molar-refractivity contribution is -0.140. The van der Waals surface area contributed by atoms with Gasteiger partial charge in [-0.25, -0.2) is 0 Å². The molecule has 3 aliphatic rings. The van der Waals surface area contributed by atoms with Crippen molar-refractivity contribution in [3.8, 4) is 0 Å². The van der Waals surface area contributed by atoms with E-state index in [1.165, 1.54) is 23.1 Å². The molecule has 1 heterocycles. The molecular weight excluding hydrogens is 402 g/mol. The van der Waals surface area contributed by atoms with Crippen molar-refractivity contribution >= 4 is 35.4 Å². The molecular formula is C22H35N3O4S. The molecule has 8 heteroatoms. The highest BCUT2D eigenvalue weighted by Crippen LogP contribution is 2.46. The summed E-state index contributed by atoms with van der Waals surface area (Å²) >= 11 is 1.28. The Morgan fingerprint density at radius 3 is 2.30 bits per heavy atom. The second-order valence-electron chi connectivity index (χ2n) is 9.96. The molecule has 0 bridgehead atoms. The molecule has 0 aromatic carbocycles. The fourth-order valence-corrected chi connectivity index (χ4v) is 5.33. The normalized spacial score (nSPS) is 26.9. The zero-order valence-electron chi connectivity index (χ0n) is 18.4. The van der Waals surface area contributed by atoms with E-state index in [9.17, 15) is 19.2 Å². The van der Waals surface area contributed by atoms with Crippen LogP contribution in [0.3, 0.4) is 0 Å². The van der Waals surface area contributed by atoms with Crippen LogP contribution in [0.15, 0.2) is 0 Å². The topological polar surface area (TPSA) is 95.6 Å². The van der Waals surface area contributed by atoms with Crippen LogP contribution in [0.4, 0.5) is 0 Å². The van der Waals surface area contributed by atoms with Gasteiger partial charge in [-0.1, -0.05) is 20.8 Å². The van der Waals surface area contributed by atoms with Crippen molar-refractivity contribution in [3.05, 3.63) is 0 Å². The van der Waals surface area contributed by atoms with Gasteiger partial charge in [0.05, 0.1) is 23.3 Å². The van der Waals surface area contributed by atoms with Crippen LogP contribution in [0.5, 0.6) is 0 Å². The second kappa shape index (κ2) is 9.71. The first kappa shape index (κ1) is 23.1. The van der Waals surface area contributed by atoms with Gasteiger partial charge in [-0.3, -0.25) is 24.1 Å². The van der Waals surface area contributed by atoms with E-state index in [0.29, 0.717) is 12.0 Å². The maximum atomic E-state index is 12.8. The van der Waals surface area contributed by atoms with Crippen molar-refractivity contribution < 1.29 is 19.2 Å². The zero-order valence-corrected chi connectivity index (χ0v) is 19.2. The molecule has 0 aromatic rings. The predicted molar refractivity (Wildman–Crippen MR) is 117 cm³/mol. The van der Waals surface area contributed by atoms with E-state index in [-0.39, 0.29) is 65.5 Å². The van der Waals surface area contributed by atoms with Crippen LogP contribution in [-0.4, -0.2) is 59.2 Å². The molecule has 1 aliphatic heterocycles. The molecule has 0 radical (unpaired) electrons. The number of hydrogen-bond donors (Lipinski definition) is 2. The number of carbonyl (C=O) groups is 4. The number of imide groups is 1. The minimum Gasteiger partial charge on any atom is -0.354 e. The number of nitrogens with one attached hydrogen (secondary N) is 2. The first-order chi connectivity index (χ1) is 14.2. The van der Waals surface area contributed by atoms with E-state index in [1.807, 2.05) is 0 Å². The summed E-state index contributed by atoms with van der Waals surface area (Å²) in [4.78, 5) is 50.6. The van der Waals surface area contributed by atoms with Crippen molar-refractivity contribution in [2.24, 2.45) is 23.2 Å². The van der Waals surface area contributed by atoms with Crippen LogP contribution in [0.25, 0.3) is 0 Å². The summed E-state index contributed by atoms with van der Waals surface area (Å²) < 4.78 is 0. The van der Waals surface area contributed by atoms with Gasteiger partial charge in [0.15, 0.2) is 0 Å². The van der Waals surface area contributed by atoms with Gasteiger partial charge in [-0.2, -0.15) is 0 Å². The Morgan fingerprint density at radius 1 is 1.00 bits per heavy atom. The number of carbonyl (C=O) groups excluding carboxylic acids is 4. The number of hydrogen-bond acceptors (Lipinski definition) is 5. The van der Waals surface area contributed by atoms with E-state index < -0.39 is 0 Å².